The number of nitrogens with zero attached hydrogens (tertiary/aromatic N) is 1. The highest BCUT2D eigenvalue weighted by Gasteiger charge is 2.25. The van der Waals surface area contributed by atoms with Crippen LogP contribution >= 0.6 is 11.6 Å². The molecule has 0 spiro atoms. The summed E-state index contributed by atoms with van der Waals surface area (Å²) in [6.07, 6.45) is 0.267. The Balaban J connectivity index is 1.91. The Morgan fingerprint density at radius 2 is 1.81 bits per heavy atom. The Hall–Kier alpha value is -2.11. The third kappa shape index (κ3) is 9.08. The average molecular weight is 547 g/mol. The number of likely N-dealkylation sites (N-methyl/N-ethyl adjacent to an activating group) is 1. The number of sulfonamides is 1. The van der Waals surface area contributed by atoms with E-state index in [4.69, 9.17) is 16.7 Å². The minimum atomic E-state index is -3.98. The van der Waals surface area contributed by atoms with Crippen molar-refractivity contribution in [1.29, 1.82) is 0 Å². The number of halogens is 3. The van der Waals surface area contributed by atoms with Crippen LogP contribution in [0, 0.1) is 11.6 Å². The van der Waals surface area contributed by atoms with E-state index in [1.54, 1.807) is 0 Å². The smallest absolute Gasteiger partial charge is 0.303 e. The highest BCUT2D eigenvalue weighted by molar-refractivity contribution is 7.89. The van der Waals surface area contributed by atoms with Gasteiger partial charge in [-0.1, -0.05) is 17.7 Å². The number of aliphatic carboxylic acids is 1. The summed E-state index contributed by atoms with van der Waals surface area (Å²) in [6, 6.07) is 7.95. The minimum Gasteiger partial charge on any atom is -0.481 e. The maximum absolute atomic E-state index is 13.8. The standard InChI is InChI=1S/C25H33ClF2N2O5S/c1-25(2,11-5-6-21-22(27)7-4-8-23(21)28)29-15-19(31)16-30(3)36(34,35)20-13-17(9-10-24(32)33)12-18(26)14-20/h4,7-8,12-14,19,29,31H,5-6,9-11,15-16H2,1-3H3,(H,32,33)/t19-/m1/s1. The van der Waals surface area contributed by atoms with Crippen LogP contribution in [0.5, 0.6) is 0 Å². The molecule has 0 amide bonds. The fraction of sp³-hybridized carbons (Fsp3) is 0.480. The van der Waals surface area contributed by atoms with Crippen molar-refractivity contribution in [2.75, 3.05) is 20.1 Å². The maximum atomic E-state index is 13.8. The predicted molar refractivity (Wildman–Crippen MR) is 135 cm³/mol. The molecule has 11 heteroatoms. The summed E-state index contributed by atoms with van der Waals surface area (Å²) in [6.45, 7) is 3.69. The highest BCUT2D eigenvalue weighted by Crippen LogP contribution is 2.23. The van der Waals surface area contributed by atoms with E-state index < -0.39 is 39.3 Å². The average Bonchev–Trinajstić information content (AvgIpc) is 2.78. The monoisotopic (exact) mass is 546 g/mol. The molecular weight excluding hydrogens is 514 g/mol. The van der Waals surface area contributed by atoms with Crippen molar-refractivity contribution < 1.29 is 32.2 Å². The largest absolute Gasteiger partial charge is 0.481 e. The Morgan fingerprint density at radius 3 is 2.42 bits per heavy atom. The molecular formula is C25H33ClF2N2O5S. The number of aliphatic hydroxyl groups is 1. The number of benzene rings is 2. The lowest BCUT2D eigenvalue weighted by atomic mass is 9.95. The number of hydrogen-bond donors (Lipinski definition) is 3. The first kappa shape index (κ1) is 30.1. The molecule has 36 heavy (non-hydrogen) atoms. The number of rotatable bonds is 14. The van der Waals surface area contributed by atoms with Crippen molar-refractivity contribution >= 4 is 27.6 Å². The zero-order chi connectivity index (χ0) is 27.1. The molecule has 0 aliphatic carbocycles. The van der Waals surface area contributed by atoms with E-state index in [0.717, 1.165) is 4.31 Å². The number of β-amino-alcohol motifs (C(OH)–C–C–N with tert-alkyl or cyclic N) is 1. The number of carbonyl (C=O) groups is 1. The fourth-order valence-electron chi connectivity index (χ4n) is 3.77. The molecule has 0 fully saturated rings. The van der Waals surface area contributed by atoms with Gasteiger partial charge < -0.3 is 15.5 Å². The van der Waals surface area contributed by atoms with Crippen LogP contribution in [0.15, 0.2) is 41.3 Å². The molecule has 7 nitrogen and oxygen atoms in total. The first-order valence-corrected chi connectivity index (χ1v) is 13.4. The van der Waals surface area contributed by atoms with Crippen LogP contribution in [0.3, 0.4) is 0 Å². The summed E-state index contributed by atoms with van der Waals surface area (Å²) in [4.78, 5) is 10.7. The van der Waals surface area contributed by atoms with Crippen molar-refractivity contribution in [1.82, 2.24) is 9.62 Å². The quantitative estimate of drug-likeness (QED) is 0.330. The maximum Gasteiger partial charge on any atom is 0.303 e. The number of aryl methyl sites for hydroxylation is 1. The van der Waals surface area contributed by atoms with E-state index in [0.29, 0.717) is 18.4 Å². The highest BCUT2D eigenvalue weighted by atomic mass is 35.5. The summed E-state index contributed by atoms with van der Waals surface area (Å²) in [5, 5.41) is 22.7. The molecule has 0 aliphatic heterocycles. The Bertz CT molecular complexity index is 1140. The van der Waals surface area contributed by atoms with Gasteiger partial charge in [0.1, 0.15) is 11.6 Å². The summed E-state index contributed by atoms with van der Waals surface area (Å²) in [5.74, 6) is -2.15. The van der Waals surface area contributed by atoms with Gasteiger partial charge in [0.2, 0.25) is 10.0 Å². The molecule has 0 unspecified atom stereocenters. The second kappa shape index (κ2) is 12.9. The van der Waals surface area contributed by atoms with Gasteiger partial charge in [-0.25, -0.2) is 17.2 Å². The lowest BCUT2D eigenvalue weighted by Crippen LogP contribution is -2.46. The van der Waals surface area contributed by atoms with Crippen molar-refractivity contribution in [2.45, 2.75) is 62.5 Å². The lowest BCUT2D eigenvalue weighted by Gasteiger charge is -2.29. The van der Waals surface area contributed by atoms with Gasteiger partial charge in [-0.3, -0.25) is 4.79 Å². The summed E-state index contributed by atoms with van der Waals surface area (Å²) in [7, 11) is -2.64. The first-order chi connectivity index (χ1) is 16.7. The van der Waals surface area contributed by atoms with Gasteiger partial charge in [0.15, 0.2) is 0 Å². The summed E-state index contributed by atoms with van der Waals surface area (Å²) >= 11 is 6.05. The van der Waals surface area contributed by atoms with E-state index in [1.165, 1.54) is 43.4 Å². The number of carboxylic acids is 1. The van der Waals surface area contributed by atoms with Gasteiger partial charge in [-0.15, -0.1) is 0 Å². The van der Waals surface area contributed by atoms with E-state index in [1.807, 2.05) is 13.8 Å². The van der Waals surface area contributed by atoms with Gasteiger partial charge in [-0.2, -0.15) is 4.31 Å². The molecule has 2 aromatic carbocycles. The molecule has 0 aromatic heterocycles. The van der Waals surface area contributed by atoms with Crippen LogP contribution in [0.4, 0.5) is 8.78 Å². The number of nitrogens with one attached hydrogen (secondary N) is 1. The number of aliphatic hydroxyl groups excluding tert-OH is 1. The second-order valence-corrected chi connectivity index (χ2v) is 11.9. The van der Waals surface area contributed by atoms with Gasteiger partial charge in [0, 0.05) is 42.7 Å². The third-order valence-electron chi connectivity index (χ3n) is 5.84. The van der Waals surface area contributed by atoms with E-state index in [9.17, 15) is 27.1 Å². The third-order valence-corrected chi connectivity index (χ3v) is 7.86. The molecule has 2 aromatic rings. The first-order valence-electron chi connectivity index (χ1n) is 11.5. The van der Waals surface area contributed by atoms with E-state index in [-0.39, 0.29) is 47.8 Å². The van der Waals surface area contributed by atoms with Crippen LogP contribution in [-0.2, 0) is 27.7 Å². The normalized spacial score (nSPS) is 13.2. The Morgan fingerprint density at radius 1 is 1.17 bits per heavy atom. The summed E-state index contributed by atoms with van der Waals surface area (Å²) < 4.78 is 54.6. The van der Waals surface area contributed by atoms with Gasteiger partial charge in [0.25, 0.3) is 0 Å². The molecule has 0 saturated carbocycles. The zero-order valence-corrected chi connectivity index (χ0v) is 22.2. The van der Waals surface area contributed by atoms with Crippen LogP contribution in [0.2, 0.25) is 5.02 Å². The topological polar surface area (TPSA) is 107 Å². The SMILES string of the molecule is CN(C[C@H](O)CNC(C)(C)CCCc1c(F)cccc1F)S(=O)(=O)c1cc(Cl)cc(CCC(=O)O)c1. The molecule has 2 rings (SSSR count). The molecule has 0 aliphatic rings. The van der Waals surface area contributed by atoms with Crippen molar-refractivity contribution in [3.8, 4) is 0 Å². The van der Waals surface area contributed by atoms with Crippen molar-refractivity contribution in [3.05, 3.63) is 64.2 Å². The zero-order valence-electron chi connectivity index (χ0n) is 20.6. The molecule has 0 radical (unpaired) electrons. The van der Waals surface area contributed by atoms with Gasteiger partial charge >= 0.3 is 5.97 Å². The Labute approximate surface area is 216 Å². The van der Waals surface area contributed by atoms with Crippen molar-refractivity contribution in [2.24, 2.45) is 0 Å². The molecule has 3 N–H and O–H groups in total. The lowest BCUT2D eigenvalue weighted by molar-refractivity contribution is -0.136. The molecule has 0 saturated heterocycles. The molecule has 0 bridgehead atoms. The van der Waals surface area contributed by atoms with Crippen LogP contribution in [0.1, 0.15) is 44.2 Å². The number of carboxylic acid groups (broad SMARTS) is 1. The van der Waals surface area contributed by atoms with Gasteiger partial charge in [-0.05, 0) is 75.4 Å². The predicted octanol–water partition coefficient (Wildman–Crippen LogP) is 4.01. The molecule has 1 atom stereocenters. The van der Waals surface area contributed by atoms with Crippen LogP contribution in [-0.4, -0.2) is 60.7 Å². The van der Waals surface area contributed by atoms with E-state index in [2.05, 4.69) is 5.32 Å². The molecule has 200 valence electrons. The summed E-state index contributed by atoms with van der Waals surface area (Å²) in [5.41, 5.74) is 0.0648. The Kier molecular flexibility index (Phi) is 10.8. The number of hydrogen-bond acceptors (Lipinski definition) is 5. The minimum absolute atomic E-state index is 0.0484. The van der Waals surface area contributed by atoms with Gasteiger partial charge in [0.05, 0.1) is 11.0 Å². The van der Waals surface area contributed by atoms with Crippen molar-refractivity contribution in [3.63, 3.8) is 0 Å². The van der Waals surface area contributed by atoms with E-state index >= 15 is 0 Å². The van der Waals surface area contributed by atoms with Crippen LogP contribution in [0.25, 0.3) is 0 Å². The molecule has 0 heterocycles. The fourth-order valence-corrected chi connectivity index (χ4v) is 5.39. The van der Waals surface area contributed by atoms with Crippen LogP contribution < -0.4 is 5.32 Å². The second-order valence-electron chi connectivity index (χ2n) is 9.45.